The zero-order valence-corrected chi connectivity index (χ0v) is 24.7. The van der Waals surface area contributed by atoms with Crippen molar-refractivity contribution in [2.75, 3.05) is 41.2 Å². The third-order valence-electron chi connectivity index (χ3n) is 6.43. The maximum Gasteiger partial charge on any atom is 0.338 e. The van der Waals surface area contributed by atoms with Crippen molar-refractivity contribution in [1.29, 1.82) is 0 Å². The number of para-hydroxylation sites is 1. The van der Waals surface area contributed by atoms with Crippen molar-refractivity contribution in [3.63, 3.8) is 0 Å². The summed E-state index contributed by atoms with van der Waals surface area (Å²) in [6.45, 7) is 4.22. The van der Waals surface area contributed by atoms with Gasteiger partial charge in [0.05, 0.1) is 48.2 Å². The van der Waals surface area contributed by atoms with Gasteiger partial charge in [0, 0.05) is 18.7 Å². The molecule has 0 amide bonds. The largest absolute Gasteiger partial charge is 0.493 e. The molecule has 2 aromatic carbocycles. The van der Waals surface area contributed by atoms with Gasteiger partial charge in [-0.2, -0.15) is 0 Å². The van der Waals surface area contributed by atoms with Crippen LogP contribution in [-0.2, 0) is 14.3 Å². The van der Waals surface area contributed by atoms with Gasteiger partial charge in [0.2, 0.25) is 0 Å². The van der Waals surface area contributed by atoms with E-state index in [0.29, 0.717) is 39.7 Å². The number of rotatable bonds is 12. The Kier molecular flexibility index (Phi) is 9.76. The van der Waals surface area contributed by atoms with E-state index in [9.17, 15) is 19.7 Å². The van der Waals surface area contributed by atoms with Crippen LogP contribution in [-0.4, -0.2) is 56.6 Å². The molecule has 0 spiro atoms. The summed E-state index contributed by atoms with van der Waals surface area (Å²) in [4.78, 5) is 43.4. The smallest absolute Gasteiger partial charge is 0.338 e. The number of fused-ring (bicyclic) bond motifs is 1. The van der Waals surface area contributed by atoms with Gasteiger partial charge in [0.15, 0.2) is 22.0 Å². The number of ether oxygens (including phenoxy) is 5. The number of hydrogen-bond donors (Lipinski definition) is 0. The minimum Gasteiger partial charge on any atom is -0.493 e. The number of benzene rings is 2. The molecule has 0 N–H and O–H groups in total. The second-order valence-electron chi connectivity index (χ2n) is 9.13. The quantitative estimate of drug-likeness (QED) is 0.133. The molecule has 13 heteroatoms. The van der Waals surface area contributed by atoms with Crippen LogP contribution in [0.3, 0.4) is 0 Å². The molecule has 1 aromatic heterocycles. The molecule has 0 saturated heterocycles. The van der Waals surface area contributed by atoms with Crippen LogP contribution in [0.1, 0.15) is 37.4 Å². The SMILES string of the molecule is CCCOc1c(OC)cccc1[C@H]1C(C(=O)OCCOC)=C(C)N=c2s/c(=C/c3ccc(OC)c([N+](=O)[O-])c3)c(=O)n21. The lowest BCUT2D eigenvalue weighted by Gasteiger charge is -2.27. The number of carbonyl (C=O) groups excluding carboxylic acids is 1. The highest BCUT2D eigenvalue weighted by Gasteiger charge is 2.36. The Morgan fingerprint density at radius 3 is 2.55 bits per heavy atom. The number of carbonyl (C=O) groups is 1. The van der Waals surface area contributed by atoms with Gasteiger partial charge in [-0.15, -0.1) is 0 Å². The van der Waals surface area contributed by atoms with Crippen molar-refractivity contribution < 1.29 is 33.4 Å². The molecule has 222 valence electrons. The molecule has 12 nitrogen and oxygen atoms in total. The van der Waals surface area contributed by atoms with Crippen molar-refractivity contribution in [2.45, 2.75) is 26.3 Å². The summed E-state index contributed by atoms with van der Waals surface area (Å²) < 4.78 is 28.9. The Morgan fingerprint density at radius 2 is 1.88 bits per heavy atom. The number of methoxy groups -OCH3 is 3. The zero-order valence-electron chi connectivity index (χ0n) is 23.9. The van der Waals surface area contributed by atoms with Gasteiger partial charge in [-0.25, -0.2) is 9.79 Å². The molecule has 0 radical (unpaired) electrons. The fourth-order valence-electron chi connectivity index (χ4n) is 4.53. The maximum atomic E-state index is 14.0. The summed E-state index contributed by atoms with van der Waals surface area (Å²) in [5.74, 6) is 0.283. The Labute approximate surface area is 245 Å². The van der Waals surface area contributed by atoms with Crippen LogP contribution < -0.4 is 29.1 Å². The minimum atomic E-state index is -0.953. The van der Waals surface area contributed by atoms with Crippen molar-refractivity contribution in [3.8, 4) is 17.2 Å². The summed E-state index contributed by atoms with van der Waals surface area (Å²) in [6.07, 6.45) is 2.26. The number of thiazole rings is 1. The second kappa shape index (κ2) is 13.4. The predicted molar refractivity (Wildman–Crippen MR) is 155 cm³/mol. The first-order chi connectivity index (χ1) is 20.2. The Morgan fingerprint density at radius 1 is 1.12 bits per heavy atom. The molecule has 1 atom stereocenters. The molecule has 1 aliphatic rings. The zero-order chi connectivity index (χ0) is 30.4. The summed E-state index contributed by atoms with van der Waals surface area (Å²) in [7, 11) is 4.35. The van der Waals surface area contributed by atoms with Gasteiger partial charge in [0.25, 0.3) is 5.56 Å². The molecule has 3 aromatic rings. The Hall–Kier alpha value is -4.49. The topological polar surface area (TPSA) is 141 Å². The van der Waals surface area contributed by atoms with E-state index in [1.165, 1.54) is 38.0 Å². The number of nitrogens with zero attached hydrogens (tertiary/aromatic N) is 3. The first kappa shape index (κ1) is 30.5. The van der Waals surface area contributed by atoms with Gasteiger partial charge in [-0.05, 0) is 37.1 Å². The monoisotopic (exact) mass is 597 g/mol. The summed E-state index contributed by atoms with van der Waals surface area (Å²) in [5, 5.41) is 11.6. The highest BCUT2D eigenvalue weighted by Crippen LogP contribution is 2.41. The van der Waals surface area contributed by atoms with Crippen molar-refractivity contribution in [1.82, 2.24) is 4.57 Å². The minimum absolute atomic E-state index is 0.0107. The normalized spacial score (nSPS) is 14.7. The van der Waals surface area contributed by atoms with Crippen LogP contribution in [0, 0.1) is 10.1 Å². The number of hydrogen-bond acceptors (Lipinski definition) is 11. The molecule has 0 unspecified atom stereocenters. The molecule has 2 heterocycles. The lowest BCUT2D eigenvalue weighted by molar-refractivity contribution is -0.385. The first-order valence-corrected chi connectivity index (χ1v) is 13.9. The number of nitro groups is 1. The number of aromatic nitrogens is 1. The maximum absolute atomic E-state index is 14.0. The van der Waals surface area contributed by atoms with Gasteiger partial charge >= 0.3 is 11.7 Å². The molecule has 0 saturated carbocycles. The third kappa shape index (κ3) is 6.06. The van der Waals surface area contributed by atoms with Gasteiger partial charge in [-0.3, -0.25) is 19.5 Å². The average Bonchev–Trinajstić information content (AvgIpc) is 3.28. The number of allylic oxidation sites excluding steroid dienone is 1. The lowest BCUT2D eigenvalue weighted by atomic mass is 9.94. The van der Waals surface area contributed by atoms with Crippen LogP contribution >= 0.6 is 11.3 Å². The van der Waals surface area contributed by atoms with Crippen LogP contribution in [0.4, 0.5) is 5.69 Å². The van der Waals surface area contributed by atoms with Crippen molar-refractivity contribution >= 4 is 29.1 Å². The van der Waals surface area contributed by atoms with Gasteiger partial charge < -0.3 is 23.7 Å². The molecule has 4 rings (SSSR count). The number of nitro benzene ring substituents is 1. The molecular weight excluding hydrogens is 566 g/mol. The predicted octanol–water partition coefficient (Wildman–Crippen LogP) is 3.14. The van der Waals surface area contributed by atoms with Crippen LogP contribution in [0.15, 0.2) is 57.5 Å². The molecule has 42 heavy (non-hydrogen) atoms. The van der Waals surface area contributed by atoms with E-state index in [1.54, 1.807) is 37.3 Å². The van der Waals surface area contributed by atoms with Gasteiger partial charge in [0.1, 0.15) is 12.6 Å². The van der Waals surface area contributed by atoms with Crippen molar-refractivity contribution in [3.05, 3.63) is 88.6 Å². The average molecular weight is 598 g/mol. The second-order valence-corrected chi connectivity index (χ2v) is 10.1. The third-order valence-corrected chi connectivity index (χ3v) is 7.42. The summed E-state index contributed by atoms with van der Waals surface area (Å²) >= 11 is 1.10. The Bertz CT molecular complexity index is 1710. The molecule has 1 aliphatic heterocycles. The fourth-order valence-corrected chi connectivity index (χ4v) is 5.58. The van der Waals surface area contributed by atoms with Gasteiger partial charge in [-0.1, -0.05) is 36.5 Å². The van der Waals surface area contributed by atoms with Crippen LogP contribution in [0.5, 0.6) is 17.2 Å². The van der Waals surface area contributed by atoms with Crippen molar-refractivity contribution in [2.24, 2.45) is 4.99 Å². The lowest BCUT2D eigenvalue weighted by Crippen LogP contribution is -2.40. The molecule has 0 aliphatic carbocycles. The van der Waals surface area contributed by atoms with E-state index in [-0.39, 0.29) is 34.8 Å². The van der Waals surface area contributed by atoms with E-state index in [1.807, 2.05) is 6.92 Å². The Balaban J connectivity index is 1.96. The van der Waals surface area contributed by atoms with E-state index in [0.717, 1.165) is 17.8 Å². The standard InChI is InChI=1S/C29H31N3O9S/c1-6-12-40-26-19(8-7-9-22(26)39-5)25-24(28(34)41-14-13-37-3)17(2)30-29-31(25)27(33)23(42-29)16-18-10-11-21(38-4)20(15-18)32(35)36/h7-11,15-16,25H,6,12-14H2,1-5H3/b23-16+/t25-/m0/s1. The highest BCUT2D eigenvalue weighted by molar-refractivity contribution is 7.07. The van der Waals surface area contributed by atoms with E-state index in [4.69, 9.17) is 23.7 Å². The fraction of sp³-hybridized carbons (Fsp3) is 0.345. The highest BCUT2D eigenvalue weighted by atomic mass is 32.1. The van der Waals surface area contributed by atoms with Crippen LogP contribution in [0.25, 0.3) is 6.08 Å². The van der Waals surface area contributed by atoms with Crippen LogP contribution in [0.2, 0.25) is 0 Å². The van der Waals surface area contributed by atoms with E-state index < -0.39 is 22.5 Å². The molecule has 0 bridgehead atoms. The van der Waals surface area contributed by atoms with E-state index >= 15 is 0 Å². The van der Waals surface area contributed by atoms with E-state index in [2.05, 4.69) is 4.99 Å². The summed E-state index contributed by atoms with van der Waals surface area (Å²) in [6, 6.07) is 8.72. The molecule has 0 fully saturated rings. The molecular formula is C29H31N3O9S. The summed E-state index contributed by atoms with van der Waals surface area (Å²) in [5.41, 5.74) is 0.805. The first-order valence-electron chi connectivity index (χ1n) is 13.1. The number of esters is 1.